The van der Waals surface area contributed by atoms with Crippen molar-refractivity contribution in [3.63, 3.8) is 0 Å². The van der Waals surface area contributed by atoms with Gasteiger partial charge in [0.1, 0.15) is 0 Å². The zero-order valence-corrected chi connectivity index (χ0v) is 17.1. The number of pyridine rings is 1. The van der Waals surface area contributed by atoms with Crippen LogP contribution in [-0.2, 0) is 17.6 Å². The summed E-state index contributed by atoms with van der Waals surface area (Å²) < 4.78 is 2.10. The average molecular weight is 394 g/mol. The fourth-order valence-corrected chi connectivity index (χ4v) is 4.80. The van der Waals surface area contributed by atoms with Crippen LogP contribution in [0.1, 0.15) is 49.7 Å². The van der Waals surface area contributed by atoms with Gasteiger partial charge < -0.3 is 5.32 Å². The van der Waals surface area contributed by atoms with Gasteiger partial charge in [-0.05, 0) is 58.6 Å². The number of thiazole rings is 1. The Labute approximate surface area is 168 Å². The van der Waals surface area contributed by atoms with Gasteiger partial charge in [-0.3, -0.25) is 14.5 Å². The highest BCUT2D eigenvalue weighted by Crippen LogP contribution is 2.44. The van der Waals surface area contributed by atoms with E-state index in [1.54, 1.807) is 11.3 Å². The number of rotatable bonds is 4. The molecule has 144 valence electrons. The number of nitrogens with one attached hydrogen (secondary N) is 1. The highest BCUT2D eigenvalue weighted by molar-refractivity contribution is 7.19. The third-order valence-electron chi connectivity index (χ3n) is 5.38. The highest BCUT2D eigenvalue weighted by Gasteiger charge is 2.32. The maximum absolute atomic E-state index is 12.2. The molecular weight excluding hydrogens is 370 g/mol. The van der Waals surface area contributed by atoms with Crippen LogP contribution in [0.5, 0.6) is 0 Å². The summed E-state index contributed by atoms with van der Waals surface area (Å²) in [6.07, 6.45) is 5.67. The number of carbonyl (C=O) groups excluding carboxylic acids is 1. The van der Waals surface area contributed by atoms with Crippen molar-refractivity contribution < 1.29 is 4.79 Å². The molecule has 0 aromatic carbocycles. The molecule has 3 heterocycles. The molecule has 28 heavy (non-hydrogen) atoms. The molecule has 5 rings (SSSR count). The Morgan fingerprint density at radius 2 is 2.11 bits per heavy atom. The molecule has 0 bridgehead atoms. The Morgan fingerprint density at radius 1 is 1.29 bits per heavy atom. The SMILES string of the molecule is Cc1ccc(-c2nn(C(C)C)c3c2CCc2nc(NC(=O)C4CC4)sc2-3)cn1. The van der Waals surface area contributed by atoms with E-state index >= 15 is 0 Å². The van der Waals surface area contributed by atoms with Crippen LogP contribution >= 0.6 is 11.3 Å². The van der Waals surface area contributed by atoms with E-state index in [2.05, 4.69) is 34.9 Å². The van der Waals surface area contributed by atoms with Crippen LogP contribution in [-0.4, -0.2) is 25.7 Å². The van der Waals surface area contributed by atoms with E-state index < -0.39 is 0 Å². The van der Waals surface area contributed by atoms with Gasteiger partial charge in [-0.25, -0.2) is 4.98 Å². The molecule has 1 amide bonds. The number of fused-ring (bicyclic) bond motifs is 3. The van der Waals surface area contributed by atoms with E-state index in [-0.39, 0.29) is 17.9 Å². The van der Waals surface area contributed by atoms with Gasteiger partial charge >= 0.3 is 0 Å². The average Bonchev–Trinajstić information content (AvgIpc) is 3.33. The van der Waals surface area contributed by atoms with Gasteiger partial charge in [0.05, 0.1) is 22.0 Å². The molecule has 0 atom stereocenters. The molecule has 2 aliphatic carbocycles. The quantitative estimate of drug-likeness (QED) is 0.713. The first kappa shape index (κ1) is 17.6. The first-order valence-electron chi connectivity index (χ1n) is 9.86. The van der Waals surface area contributed by atoms with Gasteiger partial charge in [-0.1, -0.05) is 11.3 Å². The predicted octanol–water partition coefficient (Wildman–Crippen LogP) is 4.41. The van der Waals surface area contributed by atoms with Gasteiger partial charge in [0, 0.05) is 35.0 Å². The Kier molecular flexibility index (Phi) is 4.08. The van der Waals surface area contributed by atoms with Crippen molar-refractivity contribution in [3.8, 4) is 21.8 Å². The van der Waals surface area contributed by atoms with E-state index in [0.29, 0.717) is 5.13 Å². The van der Waals surface area contributed by atoms with E-state index in [9.17, 15) is 4.79 Å². The van der Waals surface area contributed by atoms with Crippen molar-refractivity contribution in [2.24, 2.45) is 5.92 Å². The molecule has 1 saturated carbocycles. The lowest BCUT2D eigenvalue weighted by atomic mass is 9.95. The number of hydrogen-bond donors (Lipinski definition) is 1. The Morgan fingerprint density at radius 3 is 2.79 bits per heavy atom. The van der Waals surface area contributed by atoms with Crippen LogP contribution in [0.15, 0.2) is 18.3 Å². The maximum Gasteiger partial charge on any atom is 0.229 e. The normalized spacial score (nSPS) is 15.4. The second-order valence-corrected chi connectivity index (χ2v) is 8.96. The van der Waals surface area contributed by atoms with E-state index in [4.69, 9.17) is 10.1 Å². The number of hydrogen-bond acceptors (Lipinski definition) is 5. The van der Waals surface area contributed by atoms with Crippen LogP contribution in [0, 0.1) is 12.8 Å². The molecule has 1 fully saturated rings. The number of aryl methyl sites for hydroxylation is 2. The zero-order valence-electron chi connectivity index (χ0n) is 16.3. The summed E-state index contributed by atoms with van der Waals surface area (Å²) in [6, 6.07) is 4.36. The van der Waals surface area contributed by atoms with Crippen molar-refractivity contribution in [1.29, 1.82) is 0 Å². The van der Waals surface area contributed by atoms with Gasteiger partial charge in [-0.15, -0.1) is 0 Å². The Hall–Kier alpha value is -2.54. The van der Waals surface area contributed by atoms with Gasteiger partial charge in [-0.2, -0.15) is 5.10 Å². The van der Waals surface area contributed by atoms with Crippen LogP contribution in [0.4, 0.5) is 5.13 Å². The van der Waals surface area contributed by atoms with Crippen molar-refractivity contribution in [1.82, 2.24) is 19.7 Å². The predicted molar refractivity (Wildman–Crippen MR) is 110 cm³/mol. The summed E-state index contributed by atoms with van der Waals surface area (Å²) in [5.41, 5.74) is 6.54. The van der Waals surface area contributed by atoms with Crippen LogP contribution < -0.4 is 5.32 Å². The summed E-state index contributed by atoms with van der Waals surface area (Å²) >= 11 is 1.57. The van der Waals surface area contributed by atoms with Crippen LogP contribution in [0.3, 0.4) is 0 Å². The van der Waals surface area contributed by atoms with Gasteiger partial charge in [0.25, 0.3) is 0 Å². The molecular formula is C21H23N5OS. The first-order chi connectivity index (χ1) is 13.5. The molecule has 3 aromatic heterocycles. The number of anilines is 1. The van der Waals surface area contributed by atoms with Gasteiger partial charge in [0.2, 0.25) is 5.91 Å². The van der Waals surface area contributed by atoms with E-state index in [1.165, 1.54) is 5.56 Å². The molecule has 0 spiro atoms. The molecule has 1 N–H and O–H groups in total. The molecule has 0 saturated heterocycles. The second kappa shape index (κ2) is 6.51. The summed E-state index contributed by atoms with van der Waals surface area (Å²) in [5, 5.41) is 8.69. The molecule has 7 heteroatoms. The van der Waals surface area contributed by atoms with Gasteiger partial charge in [0.15, 0.2) is 5.13 Å². The minimum absolute atomic E-state index is 0.107. The smallest absolute Gasteiger partial charge is 0.229 e. The number of nitrogens with zero attached hydrogens (tertiary/aromatic N) is 4. The molecule has 3 aromatic rings. The Balaban J connectivity index is 1.59. The van der Waals surface area contributed by atoms with E-state index in [1.807, 2.05) is 19.2 Å². The Bertz CT molecular complexity index is 1060. The summed E-state index contributed by atoms with van der Waals surface area (Å²) in [5.74, 6) is 0.286. The number of amides is 1. The fourth-order valence-electron chi connectivity index (χ4n) is 3.72. The zero-order chi connectivity index (χ0) is 19.4. The van der Waals surface area contributed by atoms with E-state index in [0.717, 1.165) is 58.9 Å². The molecule has 0 unspecified atom stereocenters. The largest absolute Gasteiger partial charge is 0.302 e. The molecule has 0 aliphatic heterocycles. The van der Waals surface area contributed by atoms with Crippen molar-refractivity contribution >= 4 is 22.4 Å². The summed E-state index contributed by atoms with van der Waals surface area (Å²) in [7, 11) is 0. The third kappa shape index (κ3) is 2.94. The lowest BCUT2D eigenvalue weighted by molar-refractivity contribution is -0.117. The van der Waals surface area contributed by atoms with Crippen molar-refractivity contribution in [2.75, 3.05) is 5.32 Å². The molecule has 2 aliphatic rings. The monoisotopic (exact) mass is 393 g/mol. The number of aromatic nitrogens is 4. The summed E-state index contributed by atoms with van der Waals surface area (Å²) in [6.45, 7) is 6.29. The molecule has 0 radical (unpaired) electrons. The topological polar surface area (TPSA) is 72.7 Å². The van der Waals surface area contributed by atoms with Crippen LogP contribution in [0.2, 0.25) is 0 Å². The lowest BCUT2D eigenvalue weighted by Crippen LogP contribution is -2.13. The highest BCUT2D eigenvalue weighted by atomic mass is 32.1. The summed E-state index contributed by atoms with van der Waals surface area (Å²) in [4.78, 5) is 22.5. The lowest BCUT2D eigenvalue weighted by Gasteiger charge is -2.15. The third-order valence-corrected chi connectivity index (χ3v) is 6.40. The van der Waals surface area contributed by atoms with Crippen LogP contribution in [0.25, 0.3) is 21.8 Å². The van der Waals surface area contributed by atoms with Crippen molar-refractivity contribution in [3.05, 3.63) is 35.3 Å². The fraction of sp³-hybridized carbons (Fsp3) is 0.429. The number of carbonyl (C=O) groups is 1. The van der Waals surface area contributed by atoms with Crippen molar-refractivity contribution in [2.45, 2.75) is 52.5 Å². The standard InChI is InChI=1S/C21H23N5OS/c1-11(2)26-18-15(17(25-26)14-5-4-12(3)22-10-14)8-9-16-19(18)28-21(23-16)24-20(27)13-6-7-13/h4-5,10-11,13H,6-9H2,1-3H3,(H,23,24,27). The maximum atomic E-state index is 12.2. The first-order valence-corrected chi connectivity index (χ1v) is 10.7. The minimum Gasteiger partial charge on any atom is -0.302 e. The minimum atomic E-state index is 0.107. The molecule has 6 nitrogen and oxygen atoms in total. The second-order valence-electron chi connectivity index (χ2n) is 7.96.